The van der Waals surface area contributed by atoms with Crippen LogP contribution in [-0.4, -0.2) is 17.8 Å². The third-order valence-electron chi connectivity index (χ3n) is 5.38. The van der Waals surface area contributed by atoms with Gasteiger partial charge in [0.25, 0.3) is 5.91 Å². The molecule has 1 fully saturated rings. The summed E-state index contributed by atoms with van der Waals surface area (Å²) < 4.78 is 4.97. The molecule has 1 aliphatic rings. The minimum atomic E-state index is -0.429. The van der Waals surface area contributed by atoms with Gasteiger partial charge < -0.3 is 15.4 Å². The number of nitrogens with one attached hydrogen (secondary N) is 2. The molecule has 164 valence electrons. The molecule has 1 saturated carbocycles. The van der Waals surface area contributed by atoms with Crippen molar-refractivity contribution in [1.82, 2.24) is 0 Å². The molecule has 0 radical (unpaired) electrons. The van der Waals surface area contributed by atoms with E-state index < -0.39 is 5.97 Å². The first-order valence-electron chi connectivity index (χ1n) is 10.6. The monoisotopic (exact) mass is 442 g/mol. The van der Waals surface area contributed by atoms with Crippen molar-refractivity contribution in [3.05, 3.63) is 53.1 Å². The average molecular weight is 443 g/mol. The molecule has 7 heteroatoms. The van der Waals surface area contributed by atoms with Crippen LogP contribution in [0.5, 0.6) is 5.75 Å². The highest BCUT2D eigenvalue weighted by molar-refractivity contribution is 6.34. The minimum Gasteiger partial charge on any atom is -0.427 e. The van der Waals surface area contributed by atoms with Crippen LogP contribution in [0.4, 0.5) is 11.4 Å². The highest BCUT2D eigenvalue weighted by Crippen LogP contribution is 2.29. The second-order valence-corrected chi connectivity index (χ2v) is 8.26. The highest BCUT2D eigenvalue weighted by Gasteiger charge is 2.15. The molecular weight excluding hydrogens is 416 g/mol. The molecule has 0 aromatic heterocycles. The summed E-state index contributed by atoms with van der Waals surface area (Å²) in [4.78, 5) is 35.9. The molecule has 1 aliphatic carbocycles. The first kappa shape index (κ1) is 22.8. The molecule has 0 bridgehead atoms. The van der Waals surface area contributed by atoms with Gasteiger partial charge in [-0.3, -0.25) is 14.4 Å². The van der Waals surface area contributed by atoms with Gasteiger partial charge in [-0.2, -0.15) is 0 Å². The van der Waals surface area contributed by atoms with Crippen molar-refractivity contribution in [2.75, 3.05) is 10.6 Å². The van der Waals surface area contributed by atoms with E-state index >= 15 is 0 Å². The molecule has 2 N–H and O–H groups in total. The normalized spacial score (nSPS) is 14.0. The summed E-state index contributed by atoms with van der Waals surface area (Å²) in [6.07, 6.45) is 7.66. The van der Waals surface area contributed by atoms with Crippen molar-refractivity contribution >= 4 is 40.8 Å². The maximum Gasteiger partial charge on any atom is 0.308 e. The second-order valence-electron chi connectivity index (χ2n) is 7.86. The number of carbonyl (C=O) groups excluding carboxylic acids is 3. The molecule has 0 aliphatic heterocycles. The average Bonchev–Trinajstić information content (AvgIpc) is 2.75. The Morgan fingerprint density at radius 2 is 1.71 bits per heavy atom. The lowest BCUT2D eigenvalue weighted by atomic mass is 9.86. The van der Waals surface area contributed by atoms with Crippen LogP contribution < -0.4 is 15.4 Å². The van der Waals surface area contributed by atoms with Crippen molar-refractivity contribution in [2.45, 2.75) is 51.9 Å². The standard InChI is InChI=1S/C24H27ClN2O4/c1-16(28)31-20-11-8-18(9-12-20)24(30)27-22-15-19(10-13-21(22)25)26-23(29)14-7-17-5-3-2-4-6-17/h8-13,15,17H,2-7,14H2,1H3,(H,26,29)(H,27,30). The van der Waals surface area contributed by atoms with Gasteiger partial charge in [0.05, 0.1) is 10.7 Å². The Bertz CT molecular complexity index is 937. The predicted octanol–water partition coefficient (Wildman–Crippen LogP) is 5.82. The molecule has 0 heterocycles. The van der Waals surface area contributed by atoms with Crippen molar-refractivity contribution in [3.63, 3.8) is 0 Å². The smallest absolute Gasteiger partial charge is 0.308 e. The number of carbonyl (C=O) groups is 3. The van der Waals surface area contributed by atoms with Gasteiger partial charge >= 0.3 is 5.97 Å². The van der Waals surface area contributed by atoms with Crippen molar-refractivity contribution in [1.29, 1.82) is 0 Å². The van der Waals surface area contributed by atoms with Crippen LogP contribution in [0.3, 0.4) is 0 Å². The van der Waals surface area contributed by atoms with E-state index in [0.29, 0.717) is 40.0 Å². The topological polar surface area (TPSA) is 84.5 Å². The Hall–Kier alpha value is -2.86. The number of halogens is 1. The van der Waals surface area contributed by atoms with Gasteiger partial charge in [0.1, 0.15) is 5.75 Å². The number of benzene rings is 2. The molecule has 0 unspecified atom stereocenters. The third kappa shape index (κ3) is 7.10. The van der Waals surface area contributed by atoms with E-state index in [1.165, 1.54) is 39.0 Å². The number of hydrogen-bond acceptors (Lipinski definition) is 4. The van der Waals surface area contributed by atoms with Crippen molar-refractivity contribution in [2.24, 2.45) is 5.92 Å². The van der Waals surface area contributed by atoms with Crippen LogP contribution in [0.1, 0.15) is 62.2 Å². The highest BCUT2D eigenvalue weighted by atomic mass is 35.5. The maximum absolute atomic E-state index is 12.5. The summed E-state index contributed by atoms with van der Waals surface area (Å²) in [6, 6.07) is 11.2. The Morgan fingerprint density at radius 3 is 2.39 bits per heavy atom. The SMILES string of the molecule is CC(=O)Oc1ccc(C(=O)Nc2cc(NC(=O)CCC3CCCCC3)ccc2Cl)cc1. The van der Waals surface area contributed by atoms with Gasteiger partial charge in [-0.05, 0) is 54.8 Å². The van der Waals surface area contributed by atoms with E-state index in [2.05, 4.69) is 10.6 Å². The fourth-order valence-corrected chi connectivity index (χ4v) is 3.93. The molecule has 0 saturated heterocycles. The largest absolute Gasteiger partial charge is 0.427 e. The summed E-state index contributed by atoms with van der Waals surface area (Å²) in [6.45, 7) is 1.31. The predicted molar refractivity (Wildman–Crippen MR) is 122 cm³/mol. The number of ether oxygens (including phenoxy) is 1. The van der Waals surface area contributed by atoms with E-state index in [-0.39, 0.29) is 11.8 Å². The Kier molecular flexibility index (Phi) is 8.06. The van der Waals surface area contributed by atoms with Crippen LogP contribution in [0.15, 0.2) is 42.5 Å². The first-order chi connectivity index (χ1) is 14.9. The van der Waals surface area contributed by atoms with Gasteiger partial charge in [-0.25, -0.2) is 0 Å². The van der Waals surface area contributed by atoms with Crippen molar-refractivity contribution in [3.8, 4) is 5.75 Å². The van der Waals surface area contributed by atoms with Crippen LogP contribution in [0.2, 0.25) is 5.02 Å². The molecule has 0 spiro atoms. The number of rotatable bonds is 7. The lowest BCUT2D eigenvalue weighted by Gasteiger charge is -2.21. The minimum absolute atomic E-state index is 0.0359. The van der Waals surface area contributed by atoms with Crippen molar-refractivity contribution < 1.29 is 19.1 Å². The number of amides is 2. The molecule has 6 nitrogen and oxygen atoms in total. The molecule has 3 rings (SSSR count). The number of esters is 1. The van der Waals surface area contributed by atoms with Gasteiger partial charge in [0.2, 0.25) is 5.91 Å². The fourth-order valence-electron chi connectivity index (χ4n) is 3.77. The molecule has 31 heavy (non-hydrogen) atoms. The fraction of sp³-hybridized carbons (Fsp3) is 0.375. The summed E-state index contributed by atoms with van der Waals surface area (Å²) in [5, 5.41) is 6.01. The zero-order chi connectivity index (χ0) is 22.2. The number of anilines is 2. The lowest BCUT2D eigenvalue weighted by molar-refractivity contribution is -0.131. The Balaban J connectivity index is 1.57. The molecular formula is C24H27ClN2O4. The van der Waals surface area contributed by atoms with Crippen LogP contribution in [0, 0.1) is 5.92 Å². The van der Waals surface area contributed by atoms with Gasteiger partial charge in [-0.15, -0.1) is 0 Å². The molecule has 0 atom stereocenters. The summed E-state index contributed by atoms with van der Waals surface area (Å²) in [5.41, 5.74) is 1.37. The van der Waals surface area contributed by atoms with E-state index in [1.54, 1.807) is 42.5 Å². The molecule has 2 aromatic carbocycles. The van der Waals surface area contributed by atoms with Crippen LogP contribution in [-0.2, 0) is 9.59 Å². The third-order valence-corrected chi connectivity index (χ3v) is 5.71. The Morgan fingerprint density at radius 1 is 1.00 bits per heavy atom. The van der Waals surface area contributed by atoms with Crippen LogP contribution in [0.25, 0.3) is 0 Å². The van der Waals surface area contributed by atoms with Gasteiger partial charge in [0, 0.05) is 24.6 Å². The van der Waals surface area contributed by atoms with Gasteiger partial charge in [-0.1, -0.05) is 43.7 Å². The van der Waals surface area contributed by atoms with Gasteiger partial charge in [0.15, 0.2) is 0 Å². The zero-order valence-electron chi connectivity index (χ0n) is 17.6. The van der Waals surface area contributed by atoms with E-state index in [1.807, 2.05) is 0 Å². The van der Waals surface area contributed by atoms with E-state index in [9.17, 15) is 14.4 Å². The summed E-state index contributed by atoms with van der Waals surface area (Å²) >= 11 is 6.22. The Labute approximate surface area is 187 Å². The van der Waals surface area contributed by atoms with E-state index in [0.717, 1.165) is 6.42 Å². The number of hydrogen-bond donors (Lipinski definition) is 2. The van der Waals surface area contributed by atoms with Crippen LogP contribution >= 0.6 is 11.6 Å². The second kappa shape index (κ2) is 11.0. The quantitative estimate of drug-likeness (QED) is 0.418. The lowest BCUT2D eigenvalue weighted by Crippen LogP contribution is -2.16. The molecule has 2 aromatic rings. The summed E-state index contributed by atoms with van der Waals surface area (Å²) in [5.74, 6) is 0.177. The summed E-state index contributed by atoms with van der Waals surface area (Å²) in [7, 11) is 0. The van der Waals surface area contributed by atoms with E-state index in [4.69, 9.17) is 16.3 Å². The maximum atomic E-state index is 12.5. The zero-order valence-corrected chi connectivity index (χ0v) is 18.3. The molecule has 2 amide bonds. The first-order valence-corrected chi connectivity index (χ1v) is 11.0.